The van der Waals surface area contributed by atoms with Gasteiger partial charge in [0.15, 0.2) is 5.69 Å². The number of para-hydroxylation sites is 1. The smallest absolute Gasteiger partial charge is 0.394 e. The van der Waals surface area contributed by atoms with Crippen LogP contribution in [0.15, 0.2) is 24.3 Å². The number of rotatable bonds is 6. The third kappa shape index (κ3) is 4.82. The molecule has 0 radical (unpaired) electrons. The molecule has 1 aromatic carbocycles. The summed E-state index contributed by atoms with van der Waals surface area (Å²) in [5.41, 5.74) is 1.57. The Morgan fingerprint density at radius 3 is 2.56 bits per heavy atom. The van der Waals surface area contributed by atoms with Crippen molar-refractivity contribution in [3.8, 4) is 0 Å². The lowest BCUT2D eigenvalue weighted by Crippen LogP contribution is -2.22. The molecule has 136 valence electrons. The lowest BCUT2D eigenvalue weighted by molar-refractivity contribution is -0.141. The standard InChI is InChI=1S/C17H21F3N4O/c1-4-12-7-5-6-10(2)15(12)23-14-8-13(17(18,19)20)22-16(24-14)21-11(3)9-25/h5-8,11,25H,4,9H2,1-3H3,(H2,21,22,23,24)/t11-/m1/s1. The quantitative estimate of drug-likeness (QED) is 0.734. The molecule has 0 fully saturated rings. The Hall–Kier alpha value is -2.35. The molecule has 1 heterocycles. The minimum absolute atomic E-state index is 0.0407. The van der Waals surface area contributed by atoms with E-state index in [0.29, 0.717) is 0 Å². The second kappa shape index (κ2) is 7.69. The van der Waals surface area contributed by atoms with E-state index in [-0.39, 0.29) is 18.4 Å². The van der Waals surface area contributed by atoms with E-state index in [4.69, 9.17) is 5.11 Å². The molecule has 0 spiro atoms. The van der Waals surface area contributed by atoms with Crippen molar-refractivity contribution in [2.75, 3.05) is 17.2 Å². The zero-order valence-electron chi connectivity index (χ0n) is 14.3. The van der Waals surface area contributed by atoms with Crippen LogP contribution in [0.3, 0.4) is 0 Å². The molecule has 0 amide bonds. The third-order valence-electron chi connectivity index (χ3n) is 3.66. The second-order valence-electron chi connectivity index (χ2n) is 5.78. The third-order valence-corrected chi connectivity index (χ3v) is 3.66. The first-order valence-corrected chi connectivity index (χ1v) is 7.93. The Bertz CT molecular complexity index is 734. The minimum Gasteiger partial charge on any atom is -0.394 e. The van der Waals surface area contributed by atoms with Gasteiger partial charge in [-0.25, -0.2) is 4.98 Å². The zero-order chi connectivity index (χ0) is 18.6. The van der Waals surface area contributed by atoms with Crippen LogP contribution in [0.1, 0.15) is 30.7 Å². The van der Waals surface area contributed by atoms with Crippen LogP contribution in [0.2, 0.25) is 0 Å². The Morgan fingerprint density at radius 1 is 1.24 bits per heavy atom. The summed E-state index contributed by atoms with van der Waals surface area (Å²) in [7, 11) is 0. The van der Waals surface area contributed by atoms with Crippen LogP contribution in [0, 0.1) is 6.92 Å². The van der Waals surface area contributed by atoms with Gasteiger partial charge in [0.05, 0.1) is 6.61 Å². The van der Waals surface area contributed by atoms with E-state index in [9.17, 15) is 13.2 Å². The molecule has 1 atom stereocenters. The Morgan fingerprint density at radius 2 is 1.96 bits per heavy atom. The Labute approximate surface area is 144 Å². The van der Waals surface area contributed by atoms with Crippen molar-refractivity contribution in [1.82, 2.24) is 9.97 Å². The molecule has 25 heavy (non-hydrogen) atoms. The number of nitrogens with zero attached hydrogens (tertiary/aromatic N) is 2. The predicted molar refractivity (Wildman–Crippen MR) is 91.0 cm³/mol. The van der Waals surface area contributed by atoms with E-state index in [1.807, 2.05) is 32.0 Å². The molecular weight excluding hydrogens is 333 g/mol. The summed E-state index contributed by atoms with van der Waals surface area (Å²) >= 11 is 0. The first kappa shape index (κ1) is 19.0. The van der Waals surface area contributed by atoms with Crippen molar-refractivity contribution >= 4 is 17.5 Å². The van der Waals surface area contributed by atoms with E-state index in [1.165, 1.54) is 0 Å². The van der Waals surface area contributed by atoms with Crippen LogP contribution in [-0.2, 0) is 12.6 Å². The van der Waals surface area contributed by atoms with Crippen molar-refractivity contribution < 1.29 is 18.3 Å². The first-order valence-electron chi connectivity index (χ1n) is 7.93. The van der Waals surface area contributed by atoms with Gasteiger partial charge in [-0.2, -0.15) is 18.2 Å². The lowest BCUT2D eigenvalue weighted by Gasteiger charge is -2.17. The number of anilines is 3. The van der Waals surface area contributed by atoms with Gasteiger partial charge in [0.1, 0.15) is 5.82 Å². The summed E-state index contributed by atoms with van der Waals surface area (Å²) in [6.45, 7) is 5.21. The van der Waals surface area contributed by atoms with Gasteiger partial charge in [-0.3, -0.25) is 0 Å². The maximum atomic E-state index is 13.1. The maximum absolute atomic E-state index is 13.1. The van der Waals surface area contributed by atoms with Gasteiger partial charge in [-0.1, -0.05) is 25.1 Å². The number of aromatic nitrogens is 2. The molecular formula is C17H21F3N4O. The van der Waals surface area contributed by atoms with Gasteiger partial charge < -0.3 is 15.7 Å². The maximum Gasteiger partial charge on any atom is 0.433 e. The number of hydrogen-bond donors (Lipinski definition) is 3. The van der Waals surface area contributed by atoms with Crippen LogP contribution in [0.5, 0.6) is 0 Å². The molecule has 1 aromatic heterocycles. The molecule has 0 unspecified atom stereocenters. The Balaban J connectivity index is 2.45. The largest absolute Gasteiger partial charge is 0.433 e. The van der Waals surface area contributed by atoms with Gasteiger partial charge >= 0.3 is 6.18 Å². The number of alkyl halides is 3. The van der Waals surface area contributed by atoms with Crippen LogP contribution in [0.25, 0.3) is 0 Å². The fraction of sp³-hybridized carbons (Fsp3) is 0.412. The zero-order valence-corrected chi connectivity index (χ0v) is 14.3. The lowest BCUT2D eigenvalue weighted by atomic mass is 10.1. The fourth-order valence-electron chi connectivity index (χ4n) is 2.32. The Kier molecular flexibility index (Phi) is 5.84. The van der Waals surface area contributed by atoms with Gasteiger partial charge in [-0.05, 0) is 31.4 Å². The SMILES string of the molecule is CCc1cccc(C)c1Nc1cc(C(F)(F)F)nc(N[C@H](C)CO)n1. The average Bonchev–Trinajstić information content (AvgIpc) is 2.55. The summed E-state index contributed by atoms with van der Waals surface area (Å²) in [4.78, 5) is 7.60. The van der Waals surface area contributed by atoms with Crippen LogP contribution >= 0.6 is 0 Å². The topological polar surface area (TPSA) is 70.1 Å². The summed E-state index contributed by atoms with van der Waals surface area (Å²) in [6.07, 6.45) is -3.87. The normalized spacial score (nSPS) is 12.8. The highest BCUT2D eigenvalue weighted by Gasteiger charge is 2.34. The number of aryl methyl sites for hydroxylation is 2. The number of nitrogens with one attached hydrogen (secondary N) is 2. The van der Waals surface area contributed by atoms with E-state index in [1.54, 1.807) is 6.92 Å². The van der Waals surface area contributed by atoms with Crippen molar-refractivity contribution in [1.29, 1.82) is 0 Å². The molecule has 2 aromatic rings. The van der Waals surface area contributed by atoms with Crippen molar-refractivity contribution in [2.45, 2.75) is 39.4 Å². The monoisotopic (exact) mass is 354 g/mol. The molecule has 3 N–H and O–H groups in total. The van der Waals surface area contributed by atoms with Gasteiger partial charge in [0.25, 0.3) is 0 Å². The predicted octanol–water partition coefficient (Wildman–Crippen LogP) is 3.90. The highest BCUT2D eigenvalue weighted by atomic mass is 19.4. The van der Waals surface area contributed by atoms with E-state index in [2.05, 4.69) is 20.6 Å². The molecule has 0 aliphatic rings. The highest BCUT2D eigenvalue weighted by Crippen LogP contribution is 2.31. The van der Waals surface area contributed by atoms with Crippen molar-refractivity contribution in [3.63, 3.8) is 0 Å². The highest BCUT2D eigenvalue weighted by molar-refractivity contribution is 5.65. The summed E-state index contributed by atoms with van der Waals surface area (Å²) in [6, 6.07) is 6.09. The molecule has 0 aliphatic carbocycles. The number of halogens is 3. The molecule has 0 aliphatic heterocycles. The summed E-state index contributed by atoms with van der Waals surface area (Å²) < 4.78 is 39.4. The number of hydrogen-bond acceptors (Lipinski definition) is 5. The number of aliphatic hydroxyl groups is 1. The molecule has 0 saturated heterocycles. The average molecular weight is 354 g/mol. The molecule has 0 saturated carbocycles. The fourth-order valence-corrected chi connectivity index (χ4v) is 2.32. The van der Waals surface area contributed by atoms with Gasteiger partial charge in [0.2, 0.25) is 5.95 Å². The number of aliphatic hydroxyl groups excluding tert-OH is 1. The van der Waals surface area contributed by atoms with Crippen LogP contribution in [0.4, 0.5) is 30.6 Å². The second-order valence-corrected chi connectivity index (χ2v) is 5.78. The van der Waals surface area contributed by atoms with E-state index >= 15 is 0 Å². The summed E-state index contributed by atoms with van der Waals surface area (Å²) in [5, 5.41) is 14.7. The summed E-state index contributed by atoms with van der Waals surface area (Å²) in [5.74, 6) is -0.149. The molecule has 0 bridgehead atoms. The minimum atomic E-state index is -4.60. The first-order chi connectivity index (χ1) is 11.7. The van der Waals surface area contributed by atoms with Gasteiger partial charge in [0, 0.05) is 17.8 Å². The van der Waals surface area contributed by atoms with E-state index in [0.717, 1.165) is 29.3 Å². The van der Waals surface area contributed by atoms with Crippen LogP contribution < -0.4 is 10.6 Å². The van der Waals surface area contributed by atoms with Crippen molar-refractivity contribution in [3.05, 3.63) is 41.1 Å². The molecule has 8 heteroatoms. The molecule has 2 rings (SSSR count). The number of benzene rings is 1. The molecule has 5 nitrogen and oxygen atoms in total. The van der Waals surface area contributed by atoms with Crippen LogP contribution in [-0.4, -0.2) is 27.7 Å². The van der Waals surface area contributed by atoms with Crippen molar-refractivity contribution in [2.24, 2.45) is 0 Å². The van der Waals surface area contributed by atoms with Gasteiger partial charge in [-0.15, -0.1) is 0 Å². The van der Waals surface area contributed by atoms with E-state index < -0.39 is 17.9 Å².